The molecule has 1 atom stereocenters. The average Bonchev–Trinajstić information content (AvgIpc) is 2.70. The van der Waals surface area contributed by atoms with E-state index in [1.54, 1.807) is 12.1 Å². The summed E-state index contributed by atoms with van der Waals surface area (Å²) in [6.07, 6.45) is 4.28. The van der Waals surface area contributed by atoms with E-state index in [2.05, 4.69) is 4.98 Å². The number of thioether (sulfide) groups is 1. The molecule has 2 heterocycles. The van der Waals surface area contributed by atoms with E-state index in [4.69, 9.17) is 0 Å². The van der Waals surface area contributed by atoms with Crippen molar-refractivity contribution in [3.05, 3.63) is 53.2 Å². The van der Waals surface area contributed by atoms with E-state index in [1.807, 2.05) is 39.0 Å². The number of piperidine rings is 1. The Bertz CT molecular complexity index is 950. The molecular weight excluding hydrogens is 392 g/mol. The highest BCUT2D eigenvalue weighted by Gasteiger charge is 2.26. The molecular formula is C21H26N2O3S2. The summed E-state index contributed by atoms with van der Waals surface area (Å²) in [5.74, 6) is 0.0416. The van der Waals surface area contributed by atoms with Crippen LogP contribution in [0.25, 0.3) is 0 Å². The van der Waals surface area contributed by atoms with Crippen LogP contribution in [0.1, 0.15) is 47.7 Å². The van der Waals surface area contributed by atoms with Gasteiger partial charge in [-0.1, -0.05) is 30.3 Å². The summed E-state index contributed by atoms with van der Waals surface area (Å²) in [4.78, 5) is 17.2. The van der Waals surface area contributed by atoms with Gasteiger partial charge >= 0.3 is 0 Å². The van der Waals surface area contributed by atoms with Crippen LogP contribution < -0.4 is 0 Å². The monoisotopic (exact) mass is 418 g/mol. The maximum atomic E-state index is 12.7. The molecule has 150 valence electrons. The number of aromatic nitrogens is 1. The van der Waals surface area contributed by atoms with Crippen molar-refractivity contribution in [2.75, 3.05) is 13.1 Å². The van der Waals surface area contributed by atoms with Gasteiger partial charge in [-0.15, -0.1) is 0 Å². The van der Waals surface area contributed by atoms with E-state index in [0.29, 0.717) is 23.7 Å². The van der Waals surface area contributed by atoms with Crippen LogP contribution in [-0.2, 0) is 10.0 Å². The first-order valence-electron chi connectivity index (χ1n) is 9.53. The molecule has 0 spiro atoms. The molecule has 1 saturated heterocycles. The summed E-state index contributed by atoms with van der Waals surface area (Å²) in [5, 5.41) is 0.335. The topological polar surface area (TPSA) is 67.3 Å². The molecule has 1 unspecified atom stereocenters. The molecule has 0 amide bonds. The largest absolute Gasteiger partial charge is 0.293 e. The van der Waals surface area contributed by atoms with Gasteiger partial charge in [-0.05, 0) is 62.9 Å². The van der Waals surface area contributed by atoms with Crippen LogP contribution in [0.15, 0.2) is 46.5 Å². The standard InChI is InChI=1S/C21H26N2O3S2/c1-15-7-8-18(13-16(15)2)21(24)17(3)27-20-10-9-19(14-22-20)28(25,26)23-11-5-4-6-12-23/h7-10,13-14,17H,4-6,11-12H2,1-3H3. The van der Waals surface area contributed by atoms with Gasteiger partial charge in [-0.3, -0.25) is 4.79 Å². The van der Waals surface area contributed by atoms with Gasteiger partial charge in [0, 0.05) is 24.8 Å². The number of pyridine rings is 1. The number of rotatable bonds is 6. The van der Waals surface area contributed by atoms with E-state index in [1.165, 1.54) is 22.3 Å². The minimum absolute atomic E-state index is 0.0416. The Morgan fingerprint density at radius 2 is 1.79 bits per heavy atom. The van der Waals surface area contributed by atoms with Crippen molar-refractivity contribution in [1.82, 2.24) is 9.29 Å². The van der Waals surface area contributed by atoms with Gasteiger partial charge in [0.1, 0.15) is 4.90 Å². The van der Waals surface area contributed by atoms with Crippen LogP contribution in [0.4, 0.5) is 0 Å². The third-order valence-electron chi connectivity index (χ3n) is 5.12. The zero-order chi connectivity index (χ0) is 20.3. The van der Waals surface area contributed by atoms with Crippen molar-refractivity contribution < 1.29 is 13.2 Å². The second kappa shape index (κ2) is 8.76. The number of carbonyl (C=O) groups excluding carboxylic acids is 1. The molecule has 1 aliphatic rings. The van der Waals surface area contributed by atoms with Crippen molar-refractivity contribution in [2.45, 2.75) is 55.2 Å². The van der Waals surface area contributed by atoms with E-state index < -0.39 is 10.0 Å². The number of aryl methyl sites for hydroxylation is 2. The molecule has 3 rings (SSSR count). The second-order valence-corrected chi connectivity index (χ2v) is 10.5. The molecule has 0 N–H and O–H groups in total. The summed E-state index contributed by atoms with van der Waals surface area (Å²) < 4.78 is 26.9. The number of Topliss-reactive ketones (excluding diaryl/α,β-unsaturated/α-hetero) is 1. The first-order valence-corrected chi connectivity index (χ1v) is 11.9. The maximum Gasteiger partial charge on any atom is 0.244 e. The van der Waals surface area contributed by atoms with Crippen molar-refractivity contribution in [1.29, 1.82) is 0 Å². The Kier molecular flexibility index (Phi) is 6.58. The fourth-order valence-corrected chi connectivity index (χ4v) is 5.54. The van der Waals surface area contributed by atoms with Gasteiger partial charge in [-0.2, -0.15) is 4.31 Å². The van der Waals surface area contributed by atoms with Crippen LogP contribution in [0.3, 0.4) is 0 Å². The lowest BCUT2D eigenvalue weighted by Gasteiger charge is -2.25. The Morgan fingerprint density at radius 3 is 2.39 bits per heavy atom. The minimum Gasteiger partial charge on any atom is -0.293 e. The number of ketones is 1. The number of hydrogen-bond acceptors (Lipinski definition) is 5. The van der Waals surface area contributed by atoms with Gasteiger partial charge < -0.3 is 0 Å². The predicted molar refractivity (Wildman–Crippen MR) is 112 cm³/mol. The number of sulfonamides is 1. The molecule has 1 aromatic heterocycles. The molecule has 2 aromatic rings. The third-order valence-corrected chi connectivity index (χ3v) is 8.05. The Labute approximate surface area is 171 Å². The molecule has 0 saturated carbocycles. The summed E-state index contributed by atoms with van der Waals surface area (Å²) in [6.45, 7) is 7.00. The summed E-state index contributed by atoms with van der Waals surface area (Å²) >= 11 is 1.34. The van der Waals surface area contributed by atoms with Crippen LogP contribution in [0, 0.1) is 13.8 Å². The van der Waals surface area contributed by atoms with Crippen molar-refractivity contribution >= 4 is 27.6 Å². The summed E-state index contributed by atoms with van der Waals surface area (Å²) in [6, 6.07) is 9.00. The molecule has 28 heavy (non-hydrogen) atoms. The lowest BCUT2D eigenvalue weighted by molar-refractivity contribution is 0.0994. The van der Waals surface area contributed by atoms with Crippen LogP contribution in [0.5, 0.6) is 0 Å². The molecule has 1 aliphatic heterocycles. The van der Waals surface area contributed by atoms with Gasteiger partial charge in [-0.25, -0.2) is 13.4 Å². The number of nitrogens with zero attached hydrogens (tertiary/aromatic N) is 2. The Balaban J connectivity index is 1.69. The molecule has 0 bridgehead atoms. The Morgan fingerprint density at radius 1 is 1.07 bits per heavy atom. The van der Waals surface area contributed by atoms with Crippen LogP contribution in [-0.4, -0.2) is 41.8 Å². The molecule has 5 nitrogen and oxygen atoms in total. The number of carbonyl (C=O) groups is 1. The quantitative estimate of drug-likeness (QED) is 0.519. The van der Waals surface area contributed by atoms with Crippen LogP contribution in [0.2, 0.25) is 0 Å². The normalized spacial score (nSPS) is 16.7. The highest BCUT2D eigenvalue weighted by Crippen LogP contribution is 2.26. The lowest BCUT2D eigenvalue weighted by Crippen LogP contribution is -2.35. The van der Waals surface area contributed by atoms with E-state index in [-0.39, 0.29) is 15.9 Å². The molecule has 7 heteroatoms. The predicted octanol–water partition coefficient (Wildman–Crippen LogP) is 4.24. The zero-order valence-electron chi connectivity index (χ0n) is 16.5. The van der Waals surface area contributed by atoms with Crippen molar-refractivity contribution in [3.8, 4) is 0 Å². The number of hydrogen-bond donors (Lipinski definition) is 0. The Hall–Kier alpha value is -1.70. The van der Waals surface area contributed by atoms with E-state index in [9.17, 15) is 13.2 Å². The van der Waals surface area contributed by atoms with Gasteiger partial charge in [0.05, 0.1) is 10.3 Å². The SMILES string of the molecule is Cc1ccc(C(=O)C(C)Sc2ccc(S(=O)(=O)N3CCCCC3)cn2)cc1C. The van der Waals surface area contributed by atoms with Gasteiger partial charge in [0.25, 0.3) is 0 Å². The van der Waals surface area contributed by atoms with E-state index in [0.717, 1.165) is 30.4 Å². The smallest absolute Gasteiger partial charge is 0.244 e. The maximum absolute atomic E-state index is 12.7. The first kappa shape index (κ1) is 21.0. The molecule has 0 radical (unpaired) electrons. The molecule has 1 fully saturated rings. The highest BCUT2D eigenvalue weighted by molar-refractivity contribution is 8.00. The third kappa shape index (κ3) is 4.64. The fourth-order valence-electron chi connectivity index (χ4n) is 3.21. The molecule has 1 aromatic carbocycles. The van der Waals surface area contributed by atoms with Crippen molar-refractivity contribution in [2.24, 2.45) is 0 Å². The first-order chi connectivity index (χ1) is 13.3. The van der Waals surface area contributed by atoms with Gasteiger partial charge in [0.15, 0.2) is 5.78 Å². The van der Waals surface area contributed by atoms with Crippen molar-refractivity contribution in [3.63, 3.8) is 0 Å². The zero-order valence-corrected chi connectivity index (χ0v) is 18.1. The van der Waals surface area contributed by atoms with Gasteiger partial charge in [0.2, 0.25) is 10.0 Å². The van der Waals surface area contributed by atoms with Crippen LogP contribution >= 0.6 is 11.8 Å². The minimum atomic E-state index is -3.48. The number of benzene rings is 1. The second-order valence-electron chi connectivity index (χ2n) is 7.22. The average molecular weight is 419 g/mol. The highest BCUT2D eigenvalue weighted by atomic mass is 32.2. The fraction of sp³-hybridized carbons (Fsp3) is 0.429. The lowest BCUT2D eigenvalue weighted by atomic mass is 10.0. The molecule has 0 aliphatic carbocycles. The summed E-state index contributed by atoms with van der Waals surface area (Å²) in [7, 11) is -3.48. The summed E-state index contributed by atoms with van der Waals surface area (Å²) in [5.41, 5.74) is 2.94. The van der Waals surface area contributed by atoms with E-state index >= 15 is 0 Å².